The molecule has 3 rings (SSSR count). The Kier molecular flexibility index (Phi) is 5.33. The van der Waals surface area contributed by atoms with Crippen molar-refractivity contribution >= 4 is 16.5 Å². The van der Waals surface area contributed by atoms with Crippen LogP contribution < -0.4 is 4.90 Å². The molecule has 0 radical (unpaired) electrons. The molecule has 1 aromatic rings. The first-order valence-corrected chi connectivity index (χ1v) is 9.29. The van der Waals surface area contributed by atoms with Crippen molar-refractivity contribution in [2.24, 2.45) is 5.92 Å². The predicted octanol–water partition coefficient (Wildman–Crippen LogP) is 1.35. The third-order valence-corrected chi connectivity index (χ3v) is 5.91. The Morgan fingerprint density at radius 2 is 2.18 bits per heavy atom. The summed E-state index contributed by atoms with van der Waals surface area (Å²) in [6.07, 6.45) is 3.66. The molecule has 124 valence electrons. The molecule has 2 saturated heterocycles. The zero-order chi connectivity index (χ0) is 15.5. The number of aliphatic hydroxyl groups excluding tert-OH is 2. The Morgan fingerprint density at radius 3 is 2.91 bits per heavy atom. The van der Waals surface area contributed by atoms with Crippen LogP contribution in [-0.2, 0) is 6.42 Å². The Morgan fingerprint density at radius 1 is 1.32 bits per heavy atom. The number of anilines is 1. The van der Waals surface area contributed by atoms with E-state index in [1.54, 1.807) is 11.3 Å². The number of hydrogen-bond acceptors (Lipinski definition) is 6. The van der Waals surface area contributed by atoms with Crippen molar-refractivity contribution in [2.75, 3.05) is 37.7 Å². The summed E-state index contributed by atoms with van der Waals surface area (Å²) in [5, 5.41) is 22.7. The topological polar surface area (TPSA) is 59.8 Å². The molecule has 3 atom stereocenters. The first kappa shape index (κ1) is 16.2. The molecule has 0 amide bonds. The summed E-state index contributed by atoms with van der Waals surface area (Å²) < 4.78 is 0. The molecular formula is C16H27N3O2S. The van der Waals surface area contributed by atoms with Crippen molar-refractivity contribution in [2.45, 2.75) is 44.8 Å². The van der Waals surface area contributed by atoms with Gasteiger partial charge in [0.05, 0.1) is 18.4 Å². The number of piperidine rings is 1. The molecule has 5 nitrogen and oxygen atoms in total. The van der Waals surface area contributed by atoms with E-state index in [2.05, 4.69) is 27.1 Å². The minimum Gasteiger partial charge on any atom is -0.395 e. The normalized spacial score (nSPS) is 30.1. The van der Waals surface area contributed by atoms with Crippen LogP contribution in [0.1, 0.15) is 31.9 Å². The number of aliphatic hydroxyl groups is 2. The molecule has 0 spiro atoms. The van der Waals surface area contributed by atoms with E-state index in [-0.39, 0.29) is 18.8 Å². The summed E-state index contributed by atoms with van der Waals surface area (Å²) in [5.41, 5.74) is 1.18. The molecule has 0 aromatic carbocycles. The number of thiazole rings is 1. The zero-order valence-corrected chi connectivity index (χ0v) is 14.1. The monoisotopic (exact) mass is 325 g/mol. The van der Waals surface area contributed by atoms with Crippen LogP contribution in [0.15, 0.2) is 5.38 Å². The van der Waals surface area contributed by atoms with Gasteiger partial charge in [-0.15, -0.1) is 11.3 Å². The van der Waals surface area contributed by atoms with Gasteiger partial charge in [0.1, 0.15) is 0 Å². The van der Waals surface area contributed by atoms with Gasteiger partial charge in [-0.1, -0.05) is 6.92 Å². The lowest BCUT2D eigenvalue weighted by atomic mass is 9.98. The average Bonchev–Trinajstić information content (AvgIpc) is 3.16. The number of nitrogens with zero attached hydrogens (tertiary/aromatic N) is 3. The minimum atomic E-state index is -0.230. The van der Waals surface area contributed by atoms with E-state index in [9.17, 15) is 10.2 Å². The van der Waals surface area contributed by atoms with Gasteiger partial charge in [-0.25, -0.2) is 4.98 Å². The molecule has 22 heavy (non-hydrogen) atoms. The highest BCUT2D eigenvalue weighted by atomic mass is 32.1. The minimum absolute atomic E-state index is 0.204. The second-order valence-electron chi connectivity index (χ2n) is 6.60. The summed E-state index contributed by atoms with van der Waals surface area (Å²) in [7, 11) is 0. The fourth-order valence-corrected chi connectivity index (χ4v) is 4.55. The molecule has 0 aliphatic carbocycles. The average molecular weight is 325 g/mol. The van der Waals surface area contributed by atoms with E-state index < -0.39 is 0 Å². The van der Waals surface area contributed by atoms with Gasteiger partial charge in [-0.2, -0.15) is 0 Å². The predicted molar refractivity (Wildman–Crippen MR) is 89.5 cm³/mol. The van der Waals surface area contributed by atoms with Crippen molar-refractivity contribution in [3.05, 3.63) is 11.1 Å². The standard InChI is InChI=1S/C16H27N3O2S/c1-2-13-11-22-16(17-13)18-6-5-12(7-18)8-19-9-15(21)4-3-14(19)10-20/h11-12,14-15,20-21H,2-10H2,1H3/t12-,14+,15+/m0/s1. The van der Waals surface area contributed by atoms with Gasteiger partial charge in [0, 0.05) is 37.6 Å². The maximum absolute atomic E-state index is 9.88. The number of aromatic nitrogens is 1. The molecule has 1 aromatic heterocycles. The van der Waals surface area contributed by atoms with Crippen molar-refractivity contribution in [3.8, 4) is 0 Å². The maximum Gasteiger partial charge on any atom is 0.185 e. The summed E-state index contributed by atoms with van der Waals surface area (Å²) in [4.78, 5) is 9.37. The molecule has 2 fully saturated rings. The van der Waals surface area contributed by atoms with Crippen LogP contribution in [-0.4, -0.2) is 65.0 Å². The van der Waals surface area contributed by atoms with E-state index in [4.69, 9.17) is 0 Å². The Labute approximate surface area is 136 Å². The number of rotatable bonds is 5. The van der Waals surface area contributed by atoms with E-state index in [0.29, 0.717) is 12.5 Å². The molecule has 2 aliphatic heterocycles. The summed E-state index contributed by atoms with van der Waals surface area (Å²) >= 11 is 1.75. The maximum atomic E-state index is 9.88. The third-order valence-electron chi connectivity index (χ3n) is 4.96. The number of aryl methyl sites for hydroxylation is 1. The molecule has 2 aliphatic rings. The Hall–Kier alpha value is -0.690. The van der Waals surface area contributed by atoms with Crippen molar-refractivity contribution in [1.82, 2.24) is 9.88 Å². The fraction of sp³-hybridized carbons (Fsp3) is 0.812. The highest BCUT2D eigenvalue weighted by molar-refractivity contribution is 7.13. The first-order chi connectivity index (χ1) is 10.7. The third kappa shape index (κ3) is 3.62. The van der Waals surface area contributed by atoms with Gasteiger partial charge in [0.25, 0.3) is 0 Å². The van der Waals surface area contributed by atoms with Gasteiger partial charge in [0.2, 0.25) is 0 Å². The van der Waals surface area contributed by atoms with Gasteiger partial charge in [0.15, 0.2) is 5.13 Å². The van der Waals surface area contributed by atoms with E-state index >= 15 is 0 Å². The Bertz CT molecular complexity index is 482. The van der Waals surface area contributed by atoms with E-state index in [1.807, 2.05) is 0 Å². The van der Waals surface area contributed by atoms with E-state index in [0.717, 1.165) is 44.0 Å². The summed E-state index contributed by atoms with van der Waals surface area (Å²) in [5.74, 6) is 0.605. The van der Waals surface area contributed by atoms with Crippen molar-refractivity contribution in [1.29, 1.82) is 0 Å². The number of hydrogen-bond donors (Lipinski definition) is 2. The van der Waals surface area contributed by atoms with Crippen LogP contribution in [0.3, 0.4) is 0 Å². The molecule has 6 heteroatoms. The molecular weight excluding hydrogens is 298 g/mol. The fourth-order valence-electron chi connectivity index (χ4n) is 3.60. The largest absolute Gasteiger partial charge is 0.395 e. The molecule has 0 bridgehead atoms. The summed E-state index contributed by atoms with van der Waals surface area (Å²) in [6.45, 7) is 6.14. The highest BCUT2D eigenvalue weighted by Gasteiger charge is 2.31. The first-order valence-electron chi connectivity index (χ1n) is 8.42. The van der Waals surface area contributed by atoms with Gasteiger partial charge >= 0.3 is 0 Å². The smallest absolute Gasteiger partial charge is 0.185 e. The zero-order valence-electron chi connectivity index (χ0n) is 13.3. The highest BCUT2D eigenvalue weighted by Crippen LogP contribution is 2.29. The lowest BCUT2D eigenvalue weighted by molar-refractivity contribution is 0.00726. The quantitative estimate of drug-likeness (QED) is 0.856. The van der Waals surface area contributed by atoms with Crippen molar-refractivity contribution < 1.29 is 10.2 Å². The van der Waals surface area contributed by atoms with Gasteiger partial charge in [-0.3, -0.25) is 4.90 Å². The summed E-state index contributed by atoms with van der Waals surface area (Å²) in [6, 6.07) is 0.226. The molecule has 0 unspecified atom stereocenters. The molecule has 0 saturated carbocycles. The van der Waals surface area contributed by atoms with Gasteiger partial charge < -0.3 is 15.1 Å². The second kappa shape index (κ2) is 7.25. The van der Waals surface area contributed by atoms with E-state index in [1.165, 1.54) is 12.1 Å². The lowest BCUT2D eigenvalue weighted by Gasteiger charge is -2.38. The Balaban J connectivity index is 1.55. The van der Waals surface area contributed by atoms with Crippen LogP contribution in [0.25, 0.3) is 0 Å². The number of β-amino-alcohol motifs (C(OH)–C–C–N with tert-alkyl or cyclic N) is 1. The van der Waals surface area contributed by atoms with Crippen LogP contribution in [0.5, 0.6) is 0 Å². The van der Waals surface area contributed by atoms with Crippen LogP contribution in [0.2, 0.25) is 0 Å². The second-order valence-corrected chi connectivity index (χ2v) is 7.43. The van der Waals surface area contributed by atoms with Crippen molar-refractivity contribution in [3.63, 3.8) is 0 Å². The lowest BCUT2D eigenvalue weighted by Crippen LogP contribution is -2.49. The van der Waals surface area contributed by atoms with Crippen LogP contribution >= 0.6 is 11.3 Å². The van der Waals surface area contributed by atoms with Crippen LogP contribution in [0, 0.1) is 5.92 Å². The molecule has 3 heterocycles. The van der Waals surface area contributed by atoms with Gasteiger partial charge in [-0.05, 0) is 31.6 Å². The molecule has 2 N–H and O–H groups in total. The number of likely N-dealkylation sites (tertiary alicyclic amines) is 1. The SMILES string of the molecule is CCc1csc(N2CC[C@H](CN3C[C@H](O)CC[C@@H]3CO)C2)n1. The van der Waals surface area contributed by atoms with Crippen LogP contribution in [0.4, 0.5) is 5.13 Å².